The van der Waals surface area contributed by atoms with E-state index in [9.17, 15) is 27.6 Å². The first-order valence-corrected chi connectivity index (χ1v) is 7.68. The fourth-order valence-electron chi connectivity index (χ4n) is 2.55. The number of anilines is 1. The Morgan fingerprint density at radius 2 is 1.62 bits per heavy atom. The molecular formula is C17H10ClF3N2O3. The van der Waals surface area contributed by atoms with Crippen LogP contribution >= 0.6 is 11.6 Å². The summed E-state index contributed by atoms with van der Waals surface area (Å²) in [5.74, 6) is -2.07. The minimum Gasteiger partial charge on any atom is -0.325 e. The third-order valence-electron chi connectivity index (χ3n) is 3.74. The zero-order chi connectivity index (χ0) is 19.1. The fraction of sp³-hybridized carbons (Fsp3) is 0.118. The van der Waals surface area contributed by atoms with E-state index in [1.54, 1.807) is 12.1 Å². The summed E-state index contributed by atoms with van der Waals surface area (Å²) in [6.07, 6.45) is -4.68. The highest BCUT2D eigenvalue weighted by Gasteiger charge is 2.36. The van der Waals surface area contributed by atoms with Crippen molar-refractivity contribution >= 4 is 35.0 Å². The van der Waals surface area contributed by atoms with Gasteiger partial charge in [0.1, 0.15) is 6.54 Å². The highest BCUT2D eigenvalue weighted by atomic mass is 35.5. The molecule has 1 aliphatic heterocycles. The van der Waals surface area contributed by atoms with Gasteiger partial charge in [0.25, 0.3) is 11.8 Å². The molecule has 0 saturated heterocycles. The van der Waals surface area contributed by atoms with Gasteiger partial charge in [0.15, 0.2) is 0 Å². The monoisotopic (exact) mass is 382 g/mol. The Morgan fingerprint density at radius 1 is 1.04 bits per heavy atom. The molecule has 1 heterocycles. The van der Waals surface area contributed by atoms with Crippen LogP contribution in [0.15, 0.2) is 42.5 Å². The molecule has 3 rings (SSSR count). The van der Waals surface area contributed by atoms with Crippen LogP contribution in [0.4, 0.5) is 18.9 Å². The van der Waals surface area contributed by atoms with Crippen LogP contribution in [0.2, 0.25) is 5.02 Å². The molecule has 2 aromatic rings. The van der Waals surface area contributed by atoms with Gasteiger partial charge in [-0.05, 0) is 30.3 Å². The molecule has 0 aromatic heterocycles. The van der Waals surface area contributed by atoms with Crippen LogP contribution in [0.3, 0.4) is 0 Å². The second-order valence-electron chi connectivity index (χ2n) is 5.48. The van der Waals surface area contributed by atoms with Crippen molar-refractivity contribution < 1.29 is 27.6 Å². The Labute approximate surface area is 150 Å². The number of nitrogens with zero attached hydrogens (tertiary/aromatic N) is 1. The summed E-state index contributed by atoms with van der Waals surface area (Å²) in [6, 6.07) is 8.97. The molecule has 0 unspecified atom stereocenters. The summed E-state index contributed by atoms with van der Waals surface area (Å²) in [7, 11) is 0. The number of amides is 3. The van der Waals surface area contributed by atoms with Crippen molar-refractivity contribution in [1.82, 2.24) is 4.90 Å². The molecule has 1 N–H and O–H groups in total. The standard InChI is InChI=1S/C17H10ClF3N2O3/c18-13-6-5-9(7-12(13)17(19,20)21)22-14(24)8-23-15(25)10-3-1-2-4-11(10)16(23)26/h1-7H,8H2,(H,22,24). The Kier molecular flexibility index (Phi) is 4.45. The van der Waals surface area contributed by atoms with Crippen LogP contribution in [0.25, 0.3) is 0 Å². The predicted molar refractivity (Wildman–Crippen MR) is 86.9 cm³/mol. The maximum absolute atomic E-state index is 12.9. The van der Waals surface area contributed by atoms with E-state index >= 15 is 0 Å². The number of hydrogen-bond acceptors (Lipinski definition) is 3. The summed E-state index contributed by atoms with van der Waals surface area (Å²) >= 11 is 5.51. The van der Waals surface area contributed by atoms with Crippen molar-refractivity contribution in [3.8, 4) is 0 Å². The summed E-state index contributed by atoms with van der Waals surface area (Å²) in [6.45, 7) is -0.615. The van der Waals surface area contributed by atoms with Crippen molar-refractivity contribution in [3.63, 3.8) is 0 Å². The molecule has 0 spiro atoms. The van der Waals surface area contributed by atoms with Gasteiger partial charge in [0.2, 0.25) is 5.91 Å². The maximum atomic E-state index is 12.9. The zero-order valence-corrected chi connectivity index (χ0v) is 13.7. The number of benzene rings is 2. The first-order valence-electron chi connectivity index (χ1n) is 7.30. The van der Waals surface area contributed by atoms with Crippen molar-refractivity contribution in [2.45, 2.75) is 6.18 Å². The van der Waals surface area contributed by atoms with E-state index in [-0.39, 0.29) is 16.8 Å². The van der Waals surface area contributed by atoms with E-state index in [0.29, 0.717) is 6.07 Å². The van der Waals surface area contributed by atoms with Gasteiger partial charge in [-0.25, -0.2) is 0 Å². The number of fused-ring (bicyclic) bond motifs is 1. The van der Waals surface area contributed by atoms with Gasteiger partial charge < -0.3 is 5.32 Å². The summed E-state index contributed by atoms with van der Waals surface area (Å²) in [5, 5.41) is 1.73. The molecular weight excluding hydrogens is 373 g/mol. The molecule has 26 heavy (non-hydrogen) atoms. The van der Waals surface area contributed by atoms with E-state index in [1.165, 1.54) is 18.2 Å². The molecule has 0 radical (unpaired) electrons. The minimum absolute atomic E-state index is 0.150. The Morgan fingerprint density at radius 3 is 2.15 bits per heavy atom. The van der Waals surface area contributed by atoms with Crippen LogP contribution in [0, 0.1) is 0 Å². The zero-order valence-electron chi connectivity index (χ0n) is 12.9. The average Bonchev–Trinajstić information content (AvgIpc) is 2.81. The molecule has 0 bridgehead atoms. The van der Waals surface area contributed by atoms with E-state index in [4.69, 9.17) is 11.6 Å². The number of carbonyl (C=O) groups is 3. The quantitative estimate of drug-likeness (QED) is 0.825. The van der Waals surface area contributed by atoms with Gasteiger partial charge in [0, 0.05) is 5.69 Å². The highest BCUT2D eigenvalue weighted by molar-refractivity contribution is 6.31. The fourth-order valence-corrected chi connectivity index (χ4v) is 2.77. The van der Waals surface area contributed by atoms with Crippen LogP contribution in [-0.4, -0.2) is 29.2 Å². The van der Waals surface area contributed by atoms with Crippen LogP contribution in [0.5, 0.6) is 0 Å². The molecule has 5 nitrogen and oxygen atoms in total. The largest absolute Gasteiger partial charge is 0.417 e. The normalized spacial score (nSPS) is 13.8. The van der Waals surface area contributed by atoms with Crippen LogP contribution in [-0.2, 0) is 11.0 Å². The first-order chi connectivity index (χ1) is 12.2. The van der Waals surface area contributed by atoms with E-state index in [0.717, 1.165) is 11.0 Å². The lowest BCUT2D eigenvalue weighted by Crippen LogP contribution is -2.37. The Bertz CT molecular complexity index is 893. The van der Waals surface area contributed by atoms with Crippen molar-refractivity contribution in [3.05, 3.63) is 64.2 Å². The lowest BCUT2D eigenvalue weighted by atomic mass is 10.1. The lowest BCUT2D eigenvalue weighted by Gasteiger charge is -2.15. The van der Waals surface area contributed by atoms with E-state index in [1.807, 2.05) is 0 Å². The molecule has 134 valence electrons. The number of rotatable bonds is 3. The second kappa shape index (κ2) is 6.45. The Hall–Kier alpha value is -2.87. The summed E-state index contributed by atoms with van der Waals surface area (Å²) in [5.41, 5.74) is -0.895. The third-order valence-corrected chi connectivity index (χ3v) is 4.07. The third kappa shape index (κ3) is 3.28. The molecule has 2 aromatic carbocycles. The SMILES string of the molecule is O=C(CN1C(=O)c2ccccc2C1=O)Nc1ccc(Cl)c(C(F)(F)F)c1. The molecule has 1 aliphatic rings. The van der Waals surface area contributed by atoms with Crippen molar-refractivity contribution in [2.75, 3.05) is 11.9 Å². The second-order valence-corrected chi connectivity index (χ2v) is 5.89. The topological polar surface area (TPSA) is 66.5 Å². The molecule has 3 amide bonds. The predicted octanol–water partition coefficient (Wildman–Crippen LogP) is 3.59. The number of halogens is 4. The lowest BCUT2D eigenvalue weighted by molar-refractivity contribution is -0.137. The van der Waals surface area contributed by atoms with Crippen molar-refractivity contribution in [1.29, 1.82) is 0 Å². The summed E-state index contributed by atoms with van der Waals surface area (Å²) in [4.78, 5) is 37.2. The number of nitrogens with one attached hydrogen (secondary N) is 1. The number of carbonyl (C=O) groups excluding carboxylic acids is 3. The van der Waals surface area contributed by atoms with Gasteiger partial charge in [-0.2, -0.15) is 13.2 Å². The maximum Gasteiger partial charge on any atom is 0.417 e. The minimum atomic E-state index is -4.68. The first kappa shape index (κ1) is 17.9. The molecule has 0 aliphatic carbocycles. The summed E-state index contributed by atoms with van der Waals surface area (Å²) < 4.78 is 38.6. The smallest absolute Gasteiger partial charge is 0.325 e. The number of imide groups is 1. The van der Waals surface area contributed by atoms with Crippen LogP contribution in [0.1, 0.15) is 26.3 Å². The molecule has 9 heteroatoms. The van der Waals surface area contributed by atoms with Crippen molar-refractivity contribution in [2.24, 2.45) is 0 Å². The van der Waals surface area contributed by atoms with Gasteiger partial charge in [-0.1, -0.05) is 23.7 Å². The average molecular weight is 383 g/mol. The highest BCUT2D eigenvalue weighted by Crippen LogP contribution is 2.36. The Balaban J connectivity index is 1.75. The molecule has 0 saturated carbocycles. The van der Waals surface area contributed by atoms with E-state index < -0.39 is 41.0 Å². The van der Waals surface area contributed by atoms with Gasteiger partial charge in [0.05, 0.1) is 21.7 Å². The van der Waals surface area contributed by atoms with Gasteiger partial charge in [-0.3, -0.25) is 19.3 Å². The number of hydrogen-bond donors (Lipinski definition) is 1. The molecule has 0 fully saturated rings. The molecule has 0 atom stereocenters. The van der Waals surface area contributed by atoms with Gasteiger partial charge in [-0.15, -0.1) is 0 Å². The van der Waals surface area contributed by atoms with E-state index in [2.05, 4.69) is 5.32 Å². The van der Waals surface area contributed by atoms with Gasteiger partial charge >= 0.3 is 6.18 Å². The number of alkyl halides is 3. The van der Waals surface area contributed by atoms with Crippen LogP contribution < -0.4 is 5.32 Å².